The van der Waals surface area contributed by atoms with E-state index in [9.17, 15) is 33.6 Å². The van der Waals surface area contributed by atoms with Gasteiger partial charge in [-0.25, -0.2) is 28.1 Å². The largest absolute Gasteiger partial charge is 0.466 e. The third-order valence-corrected chi connectivity index (χ3v) is 6.85. The highest BCUT2D eigenvalue weighted by atomic mass is 32.2. The van der Waals surface area contributed by atoms with E-state index in [1.54, 1.807) is 0 Å². The van der Waals surface area contributed by atoms with Crippen molar-refractivity contribution < 1.29 is 38.1 Å². The number of carbonyl (C=O) groups excluding carboxylic acids is 4. The average molecular weight is 654 g/mol. The highest BCUT2D eigenvalue weighted by molar-refractivity contribution is 7.99. The first-order valence-corrected chi connectivity index (χ1v) is 15.9. The van der Waals surface area contributed by atoms with E-state index in [-0.39, 0.29) is 82.6 Å². The molecule has 14 nitrogen and oxygen atoms in total. The summed E-state index contributed by atoms with van der Waals surface area (Å²) in [4.78, 5) is 85.8. The molecule has 0 aromatic carbocycles. The molecule has 42 heavy (non-hydrogen) atoms. The summed E-state index contributed by atoms with van der Waals surface area (Å²) in [5.74, 6) is -0.593. The molecule has 0 aliphatic heterocycles. The zero-order valence-electron chi connectivity index (χ0n) is 23.7. The molecule has 0 atom stereocenters. The standard InChI is InChI=1S/C25H39N3O11S3/c1-2-3-11-36-21(31)6-17-42-18-7-22(32)39-14-10-28-24(34)26(8-12-37-19(29)4-15-40)23(33)27(25(28)35)9-13-38-20(30)5-16-41/h40-41H,2-18H2,1H3. The van der Waals surface area contributed by atoms with Gasteiger partial charge in [0.05, 0.1) is 51.9 Å². The summed E-state index contributed by atoms with van der Waals surface area (Å²) in [6.07, 6.45) is 2.09. The molecule has 0 amide bonds. The summed E-state index contributed by atoms with van der Waals surface area (Å²) in [7, 11) is 0. The Morgan fingerprint density at radius 2 is 0.929 bits per heavy atom. The minimum Gasteiger partial charge on any atom is -0.466 e. The van der Waals surface area contributed by atoms with Crippen LogP contribution in [0, 0.1) is 0 Å². The van der Waals surface area contributed by atoms with Gasteiger partial charge in [-0.3, -0.25) is 19.2 Å². The van der Waals surface area contributed by atoms with E-state index >= 15 is 0 Å². The number of ether oxygens (including phenoxy) is 4. The number of aromatic nitrogens is 3. The van der Waals surface area contributed by atoms with Crippen molar-refractivity contribution in [1.82, 2.24) is 13.7 Å². The maximum Gasteiger partial charge on any atom is 0.336 e. The van der Waals surface area contributed by atoms with Gasteiger partial charge >= 0.3 is 40.9 Å². The minimum absolute atomic E-state index is 0.0366. The lowest BCUT2D eigenvalue weighted by Gasteiger charge is -2.14. The number of thioether (sulfide) groups is 1. The molecular formula is C25H39N3O11S3. The molecule has 1 rings (SSSR count). The molecule has 0 radical (unpaired) electrons. The molecule has 0 N–H and O–H groups in total. The van der Waals surface area contributed by atoms with Crippen LogP contribution >= 0.6 is 37.0 Å². The van der Waals surface area contributed by atoms with E-state index in [4.69, 9.17) is 18.9 Å². The van der Waals surface area contributed by atoms with Gasteiger partial charge in [0.2, 0.25) is 0 Å². The lowest BCUT2D eigenvalue weighted by atomic mass is 10.4. The van der Waals surface area contributed by atoms with Gasteiger partial charge in [0, 0.05) is 23.0 Å². The number of hydrogen-bond acceptors (Lipinski definition) is 14. The number of thiol groups is 2. The van der Waals surface area contributed by atoms with E-state index in [0.29, 0.717) is 18.1 Å². The molecule has 17 heteroatoms. The molecule has 0 spiro atoms. The van der Waals surface area contributed by atoms with Crippen molar-refractivity contribution in [2.24, 2.45) is 0 Å². The molecule has 0 saturated heterocycles. The van der Waals surface area contributed by atoms with E-state index in [1.165, 1.54) is 11.8 Å². The molecule has 0 aliphatic carbocycles. The first kappa shape index (κ1) is 37.4. The Bertz CT molecular complexity index is 1130. The molecular weight excluding hydrogens is 614 g/mol. The molecule has 0 unspecified atom stereocenters. The zero-order valence-corrected chi connectivity index (χ0v) is 26.3. The first-order valence-electron chi connectivity index (χ1n) is 13.5. The van der Waals surface area contributed by atoms with Gasteiger partial charge in [-0.1, -0.05) is 13.3 Å². The summed E-state index contributed by atoms with van der Waals surface area (Å²) >= 11 is 9.26. The van der Waals surface area contributed by atoms with E-state index in [1.807, 2.05) is 6.92 Å². The number of unbranched alkanes of at least 4 members (excludes halogenated alkanes) is 1. The zero-order chi connectivity index (χ0) is 31.3. The van der Waals surface area contributed by atoms with Crippen LogP contribution in [0.2, 0.25) is 0 Å². The second kappa shape index (κ2) is 22.0. The average Bonchev–Trinajstić information content (AvgIpc) is 2.94. The van der Waals surface area contributed by atoms with Gasteiger partial charge in [0.1, 0.15) is 19.8 Å². The van der Waals surface area contributed by atoms with Crippen LogP contribution in [0.3, 0.4) is 0 Å². The third kappa shape index (κ3) is 14.5. The highest BCUT2D eigenvalue weighted by Crippen LogP contribution is 2.06. The number of nitrogens with zero attached hydrogens (tertiary/aromatic N) is 3. The van der Waals surface area contributed by atoms with Gasteiger partial charge < -0.3 is 18.9 Å². The van der Waals surface area contributed by atoms with Crippen LogP contribution < -0.4 is 17.1 Å². The SMILES string of the molecule is CCCCOC(=O)CCSCCC(=O)OCCn1c(=O)n(CCOC(=O)CCS)c(=O)n(CCOC(=O)CCS)c1=O. The van der Waals surface area contributed by atoms with Crippen molar-refractivity contribution in [3.8, 4) is 0 Å². The summed E-state index contributed by atoms with van der Waals surface area (Å²) in [6.45, 7) is 0.439. The normalized spacial score (nSPS) is 10.7. The molecule has 1 heterocycles. The van der Waals surface area contributed by atoms with Crippen molar-refractivity contribution >= 4 is 60.9 Å². The summed E-state index contributed by atoms with van der Waals surface area (Å²) in [6, 6.07) is 0. The number of carbonyl (C=O) groups is 4. The fraction of sp³-hybridized carbons (Fsp3) is 0.720. The van der Waals surface area contributed by atoms with Crippen LogP contribution in [-0.2, 0) is 57.8 Å². The predicted molar refractivity (Wildman–Crippen MR) is 161 cm³/mol. The Labute approximate surface area is 258 Å². The summed E-state index contributed by atoms with van der Waals surface area (Å²) in [5, 5.41) is 0. The van der Waals surface area contributed by atoms with E-state index in [0.717, 1.165) is 26.5 Å². The van der Waals surface area contributed by atoms with Crippen LogP contribution in [0.15, 0.2) is 14.4 Å². The Morgan fingerprint density at radius 3 is 1.26 bits per heavy atom. The molecule has 0 bridgehead atoms. The second-order valence-electron chi connectivity index (χ2n) is 8.60. The molecule has 0 aliphatic rings. The van der Waals surface area contributed by atoms with Crippen LogP contribution in [0.25, 0.3) is 0 Å². The molecule has 1 aromatic heterocycles. The van der Waals surface area contributed by atoms with Gasteiger partial charge in [0.15, 0.2) is 0 Å². The fourth-order valence-electron chi connectivity index (χ4n) is 3.22. The quantitative estimate of drug-likeness (QED) is 0.0760. The van der Waals surface area contributed by atoms with Crippen LogP contribution in [-0.4, -0.2) is 87.0 Å². The number of esters is 4. The smallest absolute Gasteiger partial charge is 0.336 e. The monoisotopic (exact) mass is 653 g/mol. The van der Waals surface area contributed by atoms with Gasteiger partial charge in [-0.05, 0) is 6.42 Å². The van der Waals surface area contributed by atoms with Crippen molar-refractivity contribution in [3.05, 3.63) is 31.5 Å². The van der Waals surface area contributed by atoms with E-state index in [2.05, 4.69) is 25.3 Å². The topological polar surface area (TPSA) is 171 Å². The maximum atomic E-state index is 13.0. The Hall–Kier alpha value is -2.66. The molecule has 1 aromatic rings. The van der Waals surface area contributed by atoms with Gasteiger partial charge in [-0.15, -0.1) is 0 Å². The first-order chi connectivity index (χ1) is 20.2. The molecule has 0 saturated carbocycles. The summed E-state index contributed by atoms with van der Waals surface area (Å²) in [5.41, 5.74) is -2.92. The van der Waals surface area contributed by atoms with Crippen LogP contribution in [0.5, 0.6) is 0 Å². The molecule has 238 valence electrons. The Balaban J connectivity index is 2.80. The fourth-order valence-corrected chi connectivity index (χ4v) is 4.41. The van der Waals surface area contributed by atoms with Gasteiger partial charge in [0.25, 0.3) is 0 Å². The van der Waals surface area contributed by atoms with Crippen molar-refractivity contribution in [3.63, 3.8) is 0 Å². The van der Waals surface area contributed by atoms with E-state index < -0.39 is 35.0 Å². The maximum absolute atomic E-state index is 13.0. The highest BCUT2D eigenvalue weighted by Gasteiger charge is 2.17. The Kier molecular flexibility index (Phi) is 19.5. The third-order valence-electron chi connectivity index (χ3n) is 5.41. The minimum atomic E-state index is -0.976. The lowest BCUT2D eigenvalue weighted by molar-refractivity contribution is -0.144. The van der Waals surface area contributed by atoms with Gasteiger partial charge in [-0.2, -0.15) is 37.0 Å². The Morgan fingerprint density at radius 1 is 0.595 bits per heavy atom. The lowest BCUT2D eigenvalue weighted by Crippen LogP contribution is -2.55. The second-order valence-corrected chi connectivity index (χ2v) is 10.7. The number of hydrogen-bond donors (Lipinski definition) is 2. The van der Waals surface area contributed by atoms with Crippen LogP contribution in [0.4, 0.5) is 0 Å². The summed E-state index contributed by atoms with van der Waals surface area (Å²) < 4.78 is 22.4. The van der Waals surface area contributed by atoms with Crippen molar-refractivity contribution in [1.29, 1.82) is 0 Å². The van der Waals surface area contributed by atoms with Crippen LogP contribution in [0.1, 0.15) is 45.4 Å². The van der Waals surface area contributed by atoms with Crippen molar-refractivity contribution in [2.75, 3.05) is 49.4 Å². The van der Waals surface area contributed by atoms with Crippen molar-refractivity contribution in [2.45, 2.75) is 65.1 Å². The molecule has 0 fully saturated rings. The number of rotatable bonds is 22. The predicted octanol–water partition coefficient (Wildman–Crippen LogP) is 0.298.